The van der Waals surface area contributed by atoms with Gasteiger partial charge in [0, 0.05) is 6.42 Å². The van der Waals surface area contributed by atoms with Crippen molar-refractivity contribution in [3.8, 4) is 0 Å². The topological polar surface area (TPSA) is 49.3 Å². The molecule has 1 unspecified atom stereocenters. The summed E-state index contributed by atoms with van der Waals surface area (Å²) in [7, 11) is 0. The van der Waals surface area contributed by atoms with E-state index in [-0.39, 0.29) is 24.0 Å². The molecule has 96 valence electrons. The zero-order valence-corrected chi connectivity index (χ0v) is 11.3. The first kappa shape index (κ1) is 15.4. The summed E-state index contributed by atoms with van der Waals surface area (Å²) in [4.78, 5) is 11.6. The van der Waals surface area contributed by atoms with Crippen molar-refractivity contribution in [3.63, 3.8) is 0 Å². The third-order valence-electron chi connectivity index (χ3n) is 2.39. The largest absolute Gasteiger partial charge is 0.394 e. The van der Waals surface area contributed by atoms with Crippen molar-refractivity contribution in [2.24, 2.45) is 11.3 Å². The van der Waals surface area contributed by atoms with E-state index in [1.165, 1.54) is 0 Å². The number of aliphatic hydroxyl groups excluding tert-OH is 1. The molecular formula is C13H27NO2. The molecule has 0 aromatic heterocycles. The van der Waals surface area contributed by atoms with Gasteiger partial charge in [0.15, 0.2) is 0 Å². The van der Waals surface area contributed by atoms with Crippen LogP contribution in [0.3, 0.4) is 0 Å². The summed E-state index contributed by atoms with van der Waals surface area (Å²) in [6.45, 7) is 10.5. The molecule has 3 heteroatoms. The van der Waals surface area contributed by atoms with Gasteiger partial charge in [-0.05, 0) is 24.2 Å². The van der Waals surface area contributed by atoms with E-state index in [0.29, 0.717) is 12.3 Å². The van der Waals surface area contributed by atoms with Gasteiger partial charge in [0.05, 0.1) is 12.6 Å². The van der Waals surface area contributed by atoms with E-state index in [9.17, 15) is 9.90 Å². The first-order valence-electron chi connectivity index (χ1n) is 6.15. The second-order valence-electron chi connectivity index (χ2n) is 6.14. The summed E-state index contributed by atoms with van der Waals surface area (Å²) in [5.74, 6) is 0.595. The highest BCUT2D eigenvalue weighted by Crippen LogP contribution is 2.20. The van der Waals surface area contributed by atoms with Crippen LogP contribution in [-0.4, -0.2) is 23.7 Å². The highest BCUT2D eigenvalue weighted by atomic mass is 16.3. The Morgan fingerprint density at radius 1 is 1.31 bits per heavy atom. The second-order valence-corrected chi connectivity index (χ2v) is 6.14. The fourth-order valence-electron chi connectivity index (χ4n) is 1.62. The summed E-state index contributed by atoms with van der Waals surface area (Å²) in [5.41, 5.74) is 0.124. The molecule has 0 aliphatic rings. The number of aliphatic hydroxyl groups is 1. The Morgan fingerprint density at radius 2 is 1.88 bits per heavy atom. The summed E-state index contributed by atoms with van der Waals surface area (Å²) in [6.07, 6.45) is 2.26. The van der Waals surface area contributed by atoms with Crippen LogP contribution in [0.25, 0.3) is 0 Å². The highest BCUT2D eigenvalue weighted by Gasteiger charge is 2.19. The van der Waals surface area contributed by atoms with E-state index < -0.39 is 0 Å². The van der Waals surface area contributed by atoms with Crippen molar-refractivity contribution in [3.05, 3.63) is 0 Å². The summed E-state index contributed by atoms with van der Waals surface area (Å²) in [6, 6.07) is -0.111. The maximum absolute atomic E-state index is 11.6. The Balaban J connectivity index is 3.98. The Bertz CT molecular complexity index is 206. The van der Waals surface area contributed by atoms with Crippen molar-refractivity contribution < 1.29 is 9.90 Å². The van der Waals surface area contributed by atoms with Gasteiger partial charge in [0.25, 0.3) is 0 Å². The highest BCUT2D eigenvalue weighted by molar-refractivity contribution is 5.76. The van der Waals surface area contributed by atoms with Crippen molar-refractivity contribution in [2.75, 3.05) is 6.61 Å². The Labute approximate surface area is 99.6 Å². The fraction of sp³-hybridized carbons (Fsp3) is 0.923. The van der Waals surface area contributed by atoms with Crippen molar-refractivity contribution >= 4 is 5.91 Å². The molecule has 0 aliphatic carbocycles. The summed E-state index contributed by atoms with van der Waals surface area (Å²) < 4.78 is 0. The molecule has 0 heterocycles. The van der Waals surface area contributed by atoms with E-state index in [0.717, 1.165) is 12.8 Å². The predicted molar refractivity (Wildman–Crippen MR) is 67.2 cm³/mol. The van der Waals surface area contributed by atoms with Gasteiger partial charge in [0.2, 0.25) is 5.91 Å². The number of hydrogen-bond donors (Lipinski definition) is 2. The maximum atomic E-state index is 11.6. The summed E-state index contributed by atoms with van der Waals surface area (Å²) >= 11 is 0. The molecule has 0 aromatic carbocycles. The van der Waals surface area contributed by atoms with Crippen LogP contribution in [0, 0.1) is 11.3 Å². The van der Waals surface area contributed by atoms with Crippen LogP contribution in [0.5, 0.6) is 0 Å². The van der Waals surface area contributed by atoms with Crippen LogP contribution >= 0.6 is 0 Å². The van der Waals surface area contributed by atoms with Gasteiger partial charge in [-0.2, -0.15) is 0 Å². The van der Waals surface area contributed by atoms with Crippen LogP contribution in [0.2, 0.25) is 0 Å². The van der Waals surface area contributed by atoms with Gasteiger partial charge < -0.3 is 10.4 Å². The van der Waals surface area contributed by atoms with Crippen LogP contribution < -0.4 is 5.32 Å². The Morgan fingerprint density at radius 3 is 2.25 bits per heavy atom. The molecule has 0 rings (SSSR count). The molecule has 2 N–H and O–H groups in total. The van der Waals surface area contributed by atoms with E-state index in [4.69, 9.17) is 0 Å². The molecule has 0 spiro atoms. The number of nitrogens with one attached hydrogen (secondary N) is 1. The molecular weight excluding hydrogens is 202 g/mol. The fourth-order valence-corrected chi connectivity index (χ4v) is 1.62. The lowest BCUT2D eigenvalue weighted by atomic mass is 9.88. The normalized spacial score (nSPS) is 13.9. The number of rotatable bonds is 6. The number of hydrogen-bond acceptors (Lipinski definition) is 2. The van der Waals surface area contributed by atoms with Gasteiger partial charge in [-0.15, -0.1) is 0 Å². The second kappa shape index (κ2) is 6.89. The predicted octanol–water partition coefficient (Wildman–Crippen LogP) is 2.34. The maximum Gasteiger partial charge on any atom is 0.220 e. The van der Waals surface area contributed by atoms with Crippen molar-refractivity contribution in [1.29, 1.82) is 0 Å². The molecule has 0 saturated carbocycles. The molecule has 1 amide bonds. The minimum absolute atomic E-state index is 0.0185. The van der Waals surface area contributed by atoms with Gasteiger partial charge in [-0.25, -0.2) is 0 Å². The molecule has 0 aromatic rings. The number of carbonyl (C=O) groups is 1. The third-order valence-corrected chi connectivity index (χ3v) is 2.39. The van der Waals surface area contributed by atoms with Gasteiger partial charge >= 0.3 is 0 Å². The van der Waals surface area contributed by atoms with E-state index >= 15 is 0 Å². The minimum atomic E-state index is -0.111. The molecule has 0 saturated heterocycles. The first-order valence-corrected chi connectivity index (χ1v) is 6.15. The minimum Gasteiger partial charge on any atom is -0.394 e. The molecule has 1 atom stereocenters. The standard InChI is InChI=1S/C13H27NO2/c1-10(2)6-7-12(16)14-11(9-15)8-13(3,4)5/h10-11,15H,6-9H2,1-5H3,(H,14,16). The zero-order valence-electron chi connectivity index (χ0n) is 11.3. The third kappa shape index (κ3) is 8.72. The van der Waals surface area contributed by atoms with E-state index in [1.807, 2.05) is 0 Å². The number of carbonyl (C=O) groups excluding carboxylic acids is 1. The monoisotopic (exact) mass is 229 g/mol. The van der Waals surface area contributed by atoms with Crippen LogP contribution in [0.15, 0.2) is 0 Å². The van der Waals surface area contributed by atoms with Gasteiger partial charge in [-0.3, -0.25) is 4.79 Å². The quantitative estimate of drug-likeness (QED) is 0.734. The lowest BCUT2D eigenvalue weighted by Crippen LogP contribution is -2.40. The lowest BCUT2D eigenvalue weighted by molar-refractivity contribution is -0.122. The van der Waals surface area contributed by atoms with E-state index in [1.54, 1.807) is 0 Å². The molecule has 0 radical (unpaired) electrons. The van der Waals surface area contributed by atoms with Crippen molar-refractivity contribution in [2.45, 2.75) is 59.9 Å². The molecule has 3 nitrogen and oxygen atoms in total. The van der Waals surface area contributed by atoms with Crippen molar-refractivity contribution in [1.82, 2.24) is 5.32 Å². The molecule has 0 aliphatic heterocycles. The Kier molecular flexibility index (Phi) is 6.65. The lowest BCUT2D eigenvalue weighted by Gasteiger charge is -2.25. The number of amides is 1. The van der Waals surface area contributed by atoms with Crippen LogP contribution in [0.1, 0.15) is 53.9 Å². The molecule has 0 fully saturated rings. The SMILES string of the molecule is CC(C)CCC(=O)NC(CO)CC(C)(C)C. The zero-order chi connectivity index (χ0) is 12.8. The average molecular weight is 229 g/mol. The average Bonchev–Trinajstić information content (AvgIpc) is 2.11. The van der Waals surface area contributed by atoms with E-state index in [2.05, 4.69) is 39.9 Å². The molecule has 16 heavy (non-hydrogen) atoms. The van der Waals surface area contributed by atoms with Crippen LogP contribution in [-0.2, 0) is 4.79 Å². The van der Waals surface area contributed by atoms with Gasteiger partial charge in [0.1, 0.15) is 0 Å². The van der Waals surface area contributed by atoms with Crippen LogP contribution in [0.4, 0.5) is 0 Å². The molecule has 0 bridgehead atoms. The van der Waals surface area contributed by atoms with Gasteiger partial charge in [-0.1, -0.05) is 34.6 Å². The smallest absolute Gasteiger partial charge is 0.220 e. The summed E-state index contributed by atoms with van der Waals surface area (Å²) in [5, 5.41) is 12.1. The Hall–Kier alpha value is -0.570. The first-order chi connectivity index (χ1) is 7.24.